The number of anilines is 1. The fourth-order valence-corrected chi connectivity index (χ4v) is 3.10. The highest BCUT2D eigenvalue weighted by molar-refractivity contribution is 5.95. The molecule has 0 fully saturated rings. The third kappa shape index (κ3) is 2.22. The molecule has 2 nitrogen and oxygen atoms in total. The monoisotopic (exact) mass is 265 g/mol. The zero-order valence-corrected chi connectivity index (χ0v) is 11.8. The molecule has 0 N–H and O–H groups in total. The van der Waals surface area contributed by atoms with E-state index in [1.54, 1.807) is 0 Å². The Hall–Kier alpha value is -2.09. The number of amides is 1. The average Bonchev–Trinajstić information content (AvgIpc) is 2.64. The van der Waals surface area contributed by atoms with Gasteiger partial charge in [0, 0.05) is 24.6 Å². The highest BCUT2D eigenvalue weighted by Gasteiger charge is 2.27. The highest BCUT2D eigenvalue weighted by atomic mass is 16.2. The Morgan fingerprint density at radius 1 is 1.05 bits per heavy atom. The molecule has 0 aromatic heterocycles. The van der Waals surface area contributed by atoms with E-state index in [0.717, 1.165) is 18.7 Å². The van der Waals surface area contributed by atoms with E-state index >= 15 is 0 Å². The highest BCUT2D eigenvalue weighted by Crippen LogP contribution is 2.38. The van der Waals surface area contributed by atoms with Crippen molar-refractivity contribution in [1.82, 2.24) is 0 Å². The zero-order valence-electron chi connectivity index (χ0n) is 11.8. The molecule has 3 rings (SSSR count). The van der Waals surface area contributed by atoms with E-state index in [9.17, 15) is 4.79 Å². The van der Waals surface area contributed by atoms with Gasteiger partial charge in [0.25, 0.3) is 0 Å². The van der Waals surface area contributed by atoms with Crippen molar-refractivity contribution in [2.45, 2.75) is 25.7 Å². The van der Waals surface area contributed by atoms with Crippen molar-refractivity contribution in [2.24, 2.45) is 0 Å². The lowest BCUT2D eigenvalue weighted by Crippen LogP contribution is -2.29. The molecule has 1 aliphatic heterocycles. The largest absolute Gasteiger partial charge is 0.312 e. The molecule has 0 aliphatic carbocycles. The minimum absolute atomic E-state index is 0.235. The van der Waals surface area contributed by atoms with E-state index in [-0.39, 0.29) is 5.91 Å². The van der Waals surface area contributed by atoms with Crippen LogP contribution in [0.2, 0.25) is 0 Å². The zero-order chi connectivity index (χ0) is 13.9. The van der Waals surface area contributed by atoms with Gasteiger partial charge in [0.15, 0.2) is 0 Å². The van der Waals surface area contributed by atoms with Gasteiger partial charge < -0.3 is 4.90 Å². The first-order chi connectivity index (χ1) is 9.81. The number of benzene rings is 2. The van der Waals surface area contributed by atoms with Crippen LogP contribution in [0.25, 0.3) is 0 Å². The van der Waals surface area contributed by atoms with Crippen LogP contribution in [-0.2, 0) is 4.79 Å². The van der Waals surface area contributed by atoms with Gasteiger partial charge in [0.05, 0.1) is 0 Å². The fourth-order valence-electron chi connectivity index (χ4n) is 3.10. The lowest BCUT2D eigenvalue weighted by atomic mass is 9.87. The van der Waals surface area contributed by atoms with Crippen LogP contribution in [0.4, 0.5) is 5.69 Å². The third-order valence-corrected chi connectivity index (χ3v) is 4.07. The molecule has 2 heteroatoms. The summed E-state index contributed by atoms with van der Waals surface area (Å²) in [6, 6.07) is 18.8. The maximum absolute atomic E-state index is 12.3. The van der Waals surface area contributed by atoms with E-state index in [0.29, 0.717) is 12.3 Å². The Kier molecular flexibility index (Phi) is 3.55. The van der Waals surface area contributed by atoms with Crippen molar-refractivity contribution in [3.63, 3.8) is 0 Å². The number of carbonyl (C=O) groups excluding carboxylic acids is 1. The van der Waals surface area contributed by atoms with Crippen molar-refractivity contribution in [3.05, 3.63) is 65.7 Å². The third-order valence-electron chi connectivity index (χ3n) is 4.07. The number of carbonyl (C=O) groups is 1. The maximum Gasteiger partial charge on any atom is 0.227 e. The van der Waals surface area contributed by atoms with Gasteiger partial charge in [-0.25, -0.2) is 0 Å². The second-order valence-corrected chi connectivity index (χ2v) is 5.20. The van der Waals surface area contributed by atoms with Gasteiger partial charge in [0.2, 0.25) is 5.91 Å². The van der Waals surface area contributed by atoms with Crippen molar-refractivity contribution in [3.8, 4) is 0 Å². The molecule has 20 heavy (non-hydrogen) atoms. The summed E-state index contributed by atoms with van der Waals surface area (Å²) in [7, 11) is 0. The molecule has 0 spiro atoms. The number of hydrogen-bond donors (Lipinski definition) is 0. The van der Waals surface area contributed by atoms with Crippen LogP contribution in [0.15, 0.2) is 54.6 Å². The van der Waals surface area contributed by atoms with Gasteiger partial charge in [-0.3, -0.25) is 4.79 Å². The van der Waals surface area contributed by atoms with Gasteiger partial charge in [-0.1, -0.05) is 48.5 Å². The number of para-hydroxylation sites is 1. The summed E-state index contributed by atoms with van der Waals surface area (Å²) in [6.07, 6.45) is 1.50. The maximum atomic E-state index is 12.3. The predicted octanol–water partition coefficient (Wildman–Crippen LogP) is 3.97. The van der Waals surface area contributed by atoms with Crippen LogP contribution in [0.1, 0.15) is 36.8 Å². The van der Waals surface area contributed by atoms with E-state index in [1.165, 1.54) is 11.1 Å². The molecule has 0 bridgehead atoms. The van der Waals surface area contributed by atoms with E-state index in [2.05, 4.69) is 42.5 Å². The van der Waals surface area contributed by atoms with Crippen LogP contribution < -0.4 is 4.90 Å². The minimum Gasteiger partial charge on any atom is -0.312 e. The van der Waals surface area contributed by atoms with Gasteiger partial charge >= 0.3 is 0 Å². The van der Waals surface area contributed by atoms with E-state index < -0.39 is 0 Å². The smallest absolute Gasteiger partial charge is 0.227 e. The molecule has 0 radical (unpaired) electrons. The molecule has 1 unspecified atom stereocenters. The lowest BCUT2D eigenvalue weighted by molar-refractivity contribution is -0.118. The molecule has 2 aromatic carbocycles. The van der Waals surface area contributed by atoms with Crippen LogP contribution in [0.5, 0.6) is 0 Å². The molecule has 0 saturated carbocycles. The SMILES string of the molecule is CCN1C(=O)CCC(c2ccccc2)c2ccccc21. The Balaban J connectivity index is 2.12. The van der Waals surface area contributed by atoms with Gasteiger partial charge in [-0.2, -0.15) is 0 Å². The summed E-state index contributed by atoms with van der Waals surface area (Å²) in [6.45, 7) is 2.77. The summed E-state index contributed by atoms with van der Waals surface area (Å²) in [5.41, 5.74) is 3.64. The Bertz CT molecular complexity index is 606. The van der Waals surface area contributed by atoms with Crippen molar-refractivity contribution in [2.75, 3.05) is 11.4 Å². The van der Waals surface area contributed by atoms with Gasteiger partial charge in [0.1, 0.15) is 0 Å². The molecule has 2 aromatic rings. The molecule has 1 atom stereocenters. The second-order valence-electron chi connectivity index (χ2n) is 5.20. The van der Waals surface area contributed by atoms with Crippen LogP contribution in [-0.4, -0.2) is 12.5 Å². The molecule has 0 saturated heterocycles. The quantitative estimate of drug-likeness (QED) is 0.804. The van der Waals surface area contributed by atoms with E-state index in [1.807, 2.05) is 24.0 Å². The summed E-state index contributed by atoms with van der Waals surface area (Å²) >= 11 is 0. The standard InChI is InChI=1S/C18H19NO/c1-2-19-17-11-7-6-10-16(17)15(12-13-18(19)20)14-8-4-3-5-9-14/h3-11,15H,2,12-13H2,1H3. The Morgan fingerprint density at radius 3 is 2.50 bits per heavy atom. The fraction of sp³-hybridized carbons (Fsp3) is 0.278. The normalized spacial score (nSPS) is 18.6. The first-order valence-electron chi connectivity index (χ1n) is 7.25. The lowest BCUT2D eigenvalue weighted by Gasteiger charge is -2.23. The molecule has 1 aliphatic rings. The first-order valence-corrected chi connectivity index (χ1v) is 7.25. The predicted molar refractivity (Wildman–Crippen MR) is 82.0 cm³/mol. The Labute approximate surface area is 120 Å². The first kappa shape index (κ1) is 12.9. The molecular weight excluding hydrogens is 246 g/mol. The van der Waals surface area contributed by atoms with Gasteiger partial charge in [-0.15, -0.1) is 0 Å². The Morgan fingerprint density at radius 2 is 1.75 bits per heavy atom. The minimum atomic E-state index is 0.235. The average molecular weight is 265 g/mol. The van der Waals surface area contributed by atoms with Crippen LogP contribution >= 0.6 is 0 Å². The summed E-state index contributed by atoms with van der Waals surface area (Å²) < 4.78 is 0. The number of fused-ring (bicyclic) bond motifs is 1. The van der Waals surface area contributed by atoms with Crippen molar-refractivity contribution >= 4 is 11.6 Å². The van der Waals surface area contributed by atoms with Crippen molar-refractivity contribution < 1.29 is 4.79 Å². The number of hydrogen-bond acceptors (Lipinski definition) is 1. The van der Waals surface area contributed by atoms with Crippen LogP contribution in [0.3, 0.4) is 0 Å². The summed E-state index contributed by atoms with van der Waals surface area (Å²) in [4.78, 5) is 14.2. The summed E-state index contributed by atoms with van der Waals surface area (Å²) in [5.74, 6) is 0.547. The summed E-state index contributed by atoms with van der Waals surface area (Å²) in [5, 5.41) is 0. The molecule has 1 heterocycles. The number of nitrogens with zero attached hydrogens (tertiary/aromatic N) is 1. The van der Waals surface area contributed by atoms with Crippen LogP contribution in [0, 0.1) is 0 Å². The van der Waals surface area contributed by atoms with E-state index in [4.69, 9.17) is 0 Å². The van der Waals surface area contributed by atoms with Crippen molar-refractivity contribution in [1.29, 1.82) is 0 Å². The topological polar surface area (TPSA) is 20.3 Å². The number of rotatable bonds is 2. The van der Waals surface area contributed by atoms with Gasteiger partial charge in [-0.05, 0) is 30.5 Å². The molecule has 1 amide bonds. The molecular formula is C18H19NO. The molecule has 102 valence electrons. The second kappa shape index (κ2) is 5.49.